The van der Waals surface area contributed by atoms with Gasteiger partial charge in [0, 0.05) is 22.6 Å². The van der Waals surface area contributed by atoms with E-state index in [-0.39, 0.29) is 11.8 Å². The molecule has 0 radical (unpaired) electrons. The van der Waals surface area contributed by atoms with Crippen LogP contribution in [0.1, 0.15) is 36.5 Å². The second-order valence-corrected chi connectivity index (χ2v) is 6.78. The number of nitrogens with zero attached hydrogens (tertiary/aromatic N) is 3. The molecule has 0 aromatic carbocycles. The third-order valence-corrected chi connectivity index (χ3v) is 4.97. The van der Waals surface area contributed by atoms with E-state index in [1.165, 1.54) is 0 Å². The van der Waals surface area contributed by atoms with Gasteiger partial charge < -0.3 is 5.32 Å². The molecular weight excluding hydrogens is 284 g/mol. The van der Waals surface area contributed by atoms with Crippen molar-refractivity contribution in [1.29, 1.82) is 0 Å². The number of aromatic nitrogens is 3. The Morgan fingerprint density at radius 1 is 1.43 bits per heavy atom. The highest BCUT2D eigenvalue weighted by Crippen LogP contribution is 2.42. The highest BCUT2D eigenvalue weighted by Gasteiger charge is 2.38. The van der Waals surface area contributed by atoms with Crippen LogP contribution in [0.2, 0.25) is 0 Å². The molecule has 1 aliphatic heterocycles. The van der Waals surface area contributed by atoms with Gasteiger partial charge in [-0.2, -0.15) is 10.1 Å². The summed E-state index contributed by atoms with van der Waals surface area (Å²) in [7, 11) is 0. The van der Waals surface area contributed by atoms with E-state index in [2.05, 4.69) is 28.4 Å². The van der Waals surface area contributed by atoms with Crippen molar-refractivity contribution in [2.45, 2.75) is 32.7 Å². The number of fused-ring (bicyclic) bond motifs is 1. The van der Waals surface area contributed by atoms with E-state index in [4.69, 9.17) is 0 Å². The number of carbonyl (C=O) groups is 1. The molecule has 0 spiro atoms. The fourth-order valence-corrected chi connectivity index (χ4v) is 4.04. The summed E-state index contributed by atoms with van der Waals surface area (Å²) >= 11 is 1.66. The minimum atomic E-state index is -0.127. The summed E-state index contributed by atoms with van der Waals surface area (Å²) in [6.07, 6.45) is 1.51. The average Bonchev–Trinajstić information content (AvgIpc) is 3.03. The number of hydrogen-bond acceptors (Lipinski definition) is 5. The molecule has 1 aliphatic carbocycles. The Morgan fingerprint density at radius 3 is 3.05 bits per heavy atom. The molecule has 2 aromatic rings. The Labute approximate surface area is 126 Å². The second kappa shape index (κ2) is 4.53. The second-order valence-electron chi connectivity index (χ2n) is 5.80. The lowest BCUT2D eigenvalue weighted by Crippen LogP contribution is -2.33. The fraction of sp³-hybridized carbons (Fsp3) is 0.400. The van der Waals surface area contributed by atoms with Gasteiger partial charge in [0.2, 0.25) is 5.95 Å². The Bertz CT molecular complexity index is 744. The van der Waals surface area contributed by atoms with Crippen molar-refractivity contribution in [3.63, 3.8) is 0 Å². The van der Waals surface area contributed by atoms with Crippen molar-refractivity contribution in [2.24, 2.45) is 5.92 Å². The Hall–Kier alpha value is -1.95. The number of allylic oxidation sites excluding steroid dienone is 2. The van der Waals surface area contributed by atoms with Gasteiger partial charge in [-0.3, -0.25) is 4.79 Å². The molecule has 21 heavy (non-hydrogen) atoms. The molecule has 0 amide bonds. The monoisotopic (exact) mass is 300 g/mol. The molecule has 0 fully saturated rings. The van der Waals surface area contributed by atoms with Crippen molar-refractivity contribution in [2.75, 3.05) is 5.32 Å². The smallest absolute Gasteiger partial charge is 0.226 e. The van der Waals surface area contributed by atoms with Gasteiger partial charge in [0.25, 0.3) is 0 Å². The zero-order valence-electron chi connectivity index (χ0n) is 12.0. The quantitative estimate of drug-likeness (QED) is 0.879. The predicted molar refractivity (Wildman–Crippen MR) is 81.3 cm³/mol. The van der Waals surface area contributed by atoms with Crippen LogP contribution in [-0.4, -0.2) is 20.5 Å². The summed E-state index contributed by atoms with van der Waals surface area (Å²) in [5.74, 6) is 2.07. The summed E-state index contributed by atoms with van der Waals surface area (Å²) < 4.78 is 1.86. The lowest BCUT2D eigenvalue weighted by molar-refractivity contribution is -0.117. The maximum Gasteiger partial charge on any atom is 0.226 e. The summed E-state index contributed by atoms with van der Waals surface area (Å²) in [6.45, 7) is 4.00. The number of rotatable bonds is 1. The Morgan fingerprint density at radius 2 is 2.29 bits per heavy atom. The molecule has 5 nitrogen and oxygen atoms in total. The number of anilines is 1. The molecule has 0 saturated heterocycles. The van der Waals surface area contributed by atoms with Crippen LogP contribution < -0.4 is 5.32 Å². The normalized spacial score (nSPS) is 24.6. The van der Waals surface area contributed by atoms with Crippen LogP contribution in [0.4, 0.5) is 5.95 Å². The molecular formula is C15H16N4OS. The van der Waals surface area contributed by atoms with Gasteiger partial charge in [-0.05, 0) is 30.7 Å². The number of hydrogen-bond donors (Lipinski definition) is 1. The number of thiophene rings is 1. The first-order valence-corrected chi connectivity index (χ1v) is 8.01. The van der Waals surface area contributed by atoms with Crippen LogP contribution in [-0.2, 0) is 4.79 Å². The molecule has 2 aromatic heterocycles. The maximum atomic E-state index is 12.6. The third-order valence-electron chi connectivity index (χ3n) is 4.04. The van der Waals surface area contributed by atoms with Crippen molar-refractivity contribution in [3.8, 4) is 0 Å². The minimum Gasteiger partial charge on any atom is -0.328 e. The predicted octanol–water partition coefficient (Wildman–Crippen LogP) is 2.92. The summed E-state index contributed by atoms with van der Waals surface area (Å²) in [4.78, 5) is 18.2. The number of carbonyl (C=O) groups excluding carboxylic acids is 1. The van der Waals surface area contributed by atoms with Gasteiger partial charge in [0.05, 0.1) is 0 Å². The van der Waals surface area contributed by atoms with Crippen LogP contribution >= 0.6 is 11.3 Å². The van der Waals surface area contributed by atoms with Gasteiger partial charge in [-0.15, -0.1) is 11.3 Å². The van der Waals surface area contributed by atoms with Gasteiger partial charge in [-0.25, -0.2) is 4.68 Å². The Balaban J connectivity index is 1.92. The number of Topliss-reactive ketones (excluding diaryl/α,β-unsaturated/α-hetero) is 1. The molecule has 1 N–H and O–H groups in total. The minimum absolute atomic E-state index is 0.127. The Kier molecular flexibility index (Phi) is 2.75. The first-order chi connectivity index (χ1) is 10.1. The van der Waals surface area contributed by atoms with Crippen molar-refractivity contribution in [3.05, 3.63) is 39.5 Å². The van der Waals surface area contributed by atoms with E-state index in [1.807, 2.05) is 23.1 Å². The van der Waals surface area contributed by atoms with Crippen LogP contribution in [0.5, 0.6) is 0 Å². The molecule has 0 bridgehead atoms. The number of aryl methyl sites for hydroxylation is 1. The molecule has 3 heterocycles. The van der Waals surface area contributed by atoms with E-state index in [0.717, 1.165) is 34.3 Å². The van der Waals surface area contributed by atoms with E-state index in [1.54, 1.807) is 11.3 Å². The van der Waals surface area contributed by atoms with Gasteiger partial charge in [-0.1, -0.05) is 13.0 Å². The van der Waals surface area contributed by atoms with Gasteiger partial charge >= 0.3 is 0 Å². The fourth-order valence-electron chi connectivity index (χ4n) is 3.22. The number of ketones is 1. The van der Waals surface area contributed by atoms with Gasteiger partial charge in [0.15, 0.2) is 5.78 Å². The molecule has 0 unspecified atom stereocenters. The van der Waals surface area contributed by atoms with Crippen LogP contribution in [0.3, 0.4) is 0 Å². The zero-order valence-corrected chi connectivity index (χ0v) is 12.8. The van der Waals surface area contributed by atoms with Crippen LogP contribution in [0.15, 0.2) is 28.8 Å². The zero-order chi connectivity index (χ0) is 14.6. The van der Waals surface area contributed by atoms with E-state index >= 15 is 0 Å². The molecule has 108 valence electrons. The molecule has 2 atom stereocenters. The lowest BCUT2D eigenvalue weighted by Gasteiger charge is -2.33. The molecule has 6 heteroatoms. The highest BCUT2D eigenvalue weighted by molar-refractivity contribution is 7.10. The van der Waals surface area contributed by atoms with Crippen molar-refractivity contribution >= 4 is 23.1 Å². The summed E-state index contributed by atoms with van der Waals surface area (Å²) in [5.41, 5.74) is 1.89. The van der Waals surface area contributed by atoms with Crippen LogP contribution in [0.25, 0.3) is 0 Å². The largest absolute Gasteiger partial charge is 0.328 e. The lowest BCUT2D eigenvalue weighted by atomic mass is 9.83. The maximum absolute atomic E-state index is 12.6. The molecule has 2 aliphatic rings. The standard InChI is InChI=1S/C15H16N4OS/c1-8-6-10-13(11(20)7-8)14(12-4-3-5-21-12)19-15(17-10)16-9(2)18-19/h3-5,8,14H,6-7H2,1-2H3,(H,16,17,18)/t8-,14+/m1/s1. The van der Waals surface area contributed by atoms with E-state index in [9.17, 15) is 4.79 Å². The van der Waals surface area contributed by atoms with E-state index in [0.29, 0.717) is 12.3 Å². The molecule has 0 saturated carbocycles. The topological polar surface area (TPSA) is 59.8 Å². The number of nitrogens with one attached hydrogen (secondary N) is 1. The first-order valence-electron chi connectivity index (χ1n) is 7.13. The summed E-state index contributed by atoms with van der Waals surface area (Å²) in [6, 6.07) is 3.96. The highest BCUT2D eigenvalue weighted by atomic mass is 32.1. The van der Waals surface area contributed by atoms with Gasteiger partial charge in [0.1, 0.15) is 11.9 Å². The average molecular weight is 300 g/mol. The third kappa shape index (κ3) is 1.93. The first kappa shape index (κ1) is 12.8. The summed E-state index contributed by atoms with van der Waals surface area (Å²) in [5, 5.41) is 9.86. The van der Waals surface area contributed by atoms with E-state index < -0.39 is 0 Å². The van der Waals surface area contributed by atoms with Crippen LogP contribution in [0, 0.1) is 12.8 Å². The SMILES string of the molecule is Cc1nc2n(n1)[C@@H](c1cccs1)C1=C(C[C@@H](C)CC1=O)N2. The molecule has 4 rings (SSSR count). The van der Waals surface area contributed by atoms with Crippen molar-refractivity contribution in [1.82, 2.24) is 14.8 Å². The van der Waals surface area contributed by atoms with Crippen molar-refractivity contribution < 1.29 is 4.79 Å².